The predicted octanol–water partition coefficient (Wildman–Crippen LogP) is 3.17. The summed E-state index contributed by atoms with van der Waals surface area (Å²) in [5.74, 6) is 0. The Hall–Kier alpha value is -1.06. The van der Waals surface area contributed by atoms with Gasteiger partial charge in [-0.25, -0.2) is 0 Å². The number of hydrogen-bond acceptors (Lipinski definition) is 1. The standard InChI is InChI=1S/C12H12BrNO/c1-8-4-5-9(7-10(8)13)12(15)11-3-2-6-14-11/h2-7,12,14-15H,1H3. The molecule has 0 aliphatic rings. The van der Waals surface area contributed by atoms with Gasteiger partial charge in [-0.15, -0.1) is 0 Å². The molecule has 2 N–H and O–H groups in total. The summed E-state index contributed by atoms with van der Waals surface area (Å²) in [7, 11) is 0. The van der Waals surface area contributed by atoms with E-state index in [1.165, 1.54) is 0 Å². The lowest BCUT2D eigenvalue weighted by atomic mass is 10.1. The maximum absolute atomic E-state index is 10.0. The Balaban J connectivity index is 2.34. The number of rotatable bonds is 2. The summed E-state index contributed by atoms with van der Waals surface area (Å²) in [5.41, 5.74) is 2.86. The average molecular weight is 266 g/mol. The first-order chi connectivity index (χ1) is 7.18. The highest BCUT2D eigenvalue weighted by atomic mass is 79.9. The fourth-order valence-corrected chi connectivity index (χ4v) is 1.87. The Morgan fingerprint density at radius 3 is 2.73 bits per heavy atom. The number of aliphatic hydroxyl groups is 1. The number of aryl methyl sites for hydroxylation is 1. The first kappa shape index (κ1) is 10.5. The van der Waals surface area contributed by atoms with E-state index in [2.05, 4.69) is 20.9 Å². The Morgan fingerprint density at radius 2 is 2.13 bits per heavy atom. The van der Waals surface area contributed by atoms with Gasteiger partial charge in [-0.1, -0.05) is 28.1 Å². The quantitative estimate of drug-likeness (QED) is 0.860. The Bertz CT molecular complexity index is 451. The van der Waals surface area contributed by atoms with Gasteiger partial charge in [0, 0.05) is 16.4 Å². The van der Waals surface area contributed by atoms with Crippen LogP contribution in [0.1, 0.15) is 22.9 Å². The lowest BCUT2D eigenvalue weighted by Crippen LogP contribution is -1.99. The molecule has 0 aliphatic carbocycles. The molecule has 1 atom stereocenters. The van der Waals surface area contributed by atoms with Crippen molar-refractivity contribution in [2.75, 3.05) is 0 Å². The zero-order valence-electron chi connectivity index (χ0n) is 8.37. The van der Waals surface area contributed by atoms with Crippen LogP contribution in [0.15, 0.2) is 41.0 Å². The van der Waals surface area contributed by atoms with Crippen LogP contribution in [0.2, 0.25) is 0 Å². The third kappa shape index (κ3) is 2.13. The Morgan fingerprint density at radius 1 is 1.33 bits per heavy atom. The van der Waals surface area contributed by atoms with Gasteiger partial charge in [-0.3, -0.25) is 0 Å². The summed E-state index contributed by atoms with van der Waals surface area (Å²) in [6.07, 6.45) is 1.22. The first-order valence-electron chi connectivity index (χ1n) is 4.76. The van der Waals surface area contributed by atoms with Gasteiger partial charge in [0.15, 0.2) is 0 Å². The van der Waals surface area contributed by atoms with Crippen LogP contribution in [-0.4, -0.2) is 10.1 Å². The average Bonchev–Trinajstić information content (AvgIpc) is 2.74. The van der Waals surface area contributed by atoms with E-state index in [-0.39, 0.29) is 0 Å². The topological polar surface area (TPSA) is 36.0 Å². The molecule has 0 aliphatic heterocycles. The Labute approximate surface area is 97.1 Å². The van der Waals surface area contributed by atoms with Crippen LogP contribution < -0.4 is 0 Å². The molecule has 0 saturated carbocycles. The maximum Gasteiger partial charge on any atom is 0.119 e. The van der Waals surface area contributed by atoms with E-state index in [1.807, 2.05) is 43.5 Å². The van der Waals surface area contributed by atoms with Crippen molar-refractivity contribution in [3.63, 3.8) is 0 Å². The van der Waals surface area contributed by atoms with Crippen molar-refractivity contribution in [2.24, 2.45) is 0 Å². The zero-order valence-corrected chi connectivity index (χ0v) is 9.95. The van der Waals surface area contributed by atoms with Gasteiger partial charge in [0.1, 0.15) is 6.10 Å². The van der Waals surface area contributed by atoms with Crippen molar-refractivity contribution in [1.82, 2.24) is 4.98 Å². The maximum atomic E-state index is 10.0. The van der Waals surface area contributed by atoms with Gasteiger partial charge >= 0.3 is 0 Å². The normalized spacial score (nSPS) is 12.7. The second kappa shape index (κ2) is 4.21. The van der Waals surface area contributed by atoms with E-state index in [4.69, 9.17) is 0 Å². The van der Waals surface area contributed by atoms with E-state index in [0.29, 0.717) is 0 Å². The lowest BCUT2D eigenvalue weighted by Gasteiger charge is -2.10. The molecule has 1 aromatic carbocycles. The van der Waals surface area contributed by atoms with Crippen LogP contribution in [0.5, 0.6) is 0 Å². The number of aromatic amines is 1. The van der Waals surface area contributed by atoms with E-state index in [0.717, 1.165) is 21.3 Å². The summed E-state index contributed by atoms with van der Waals surface area (Å²) >= 11 is 3.46. The molecule has 3 heteroatoms. The van der Waals surface area contributed by atoms with Gasteiger partial charge in [0.05, 0.1) is 0 Å². The largest absolute Gasteiger partial charge is 0.382 e. The van der Waals surface area contributed by atoms with Crippen LogP contribution in [-0.2, 0) is 0 Å². The second-order valence-electron chi connectivity index (χ2n) is 3.54. The molecule has 2 aromatic rings. The third-order valence-electron chi connectivity index (χ3n) is 2.43. The smallest absolute Gasteiger partial charge is 0.119 e. The zero-order chi connectivity index (χ0) is 10.8. The molecule has 0 spiro atoms. The monoisotopic (exact) mass is 265 g/mol. The van der Waals surface area contributed by atoms with Crippen molar-refractivity contribution in [1.29, 1.82) is 0 Å². The van der Waals surface area contributed by atoms with Crippen LogP contribution in [0, 0.1) is 6.92 Å². The van der Waals surface area contributed by atoms with Crippen molar-refractivity contribution in [3.8, 4) is 0 Å². The molecule has 1 heterocycles. The number of benzene rings is 1. The SMILES string of the molecule is Cc1ccc(C(O)c2ccc[nH]2)cc1Br. The van der Waals surface area contributed by atoms with Crippen molar-refractivity contribution < 1.29 is 5.11 Å². The number of halogens is 1. The number of aromatic nitrogens is 1. The lowest BCUT2D eigenvalue weighted by molar-refractivity contribution is 0.216. The predicted molar refractivity (Wildman–Crippen MR) is 63.7 cm³/mol. The van der Waals surface area contributed by atoms with Gasteiger partial charge in [0.25, 0.3) is 0 Å². The summed E-state index contributed by atoms with van der Waals surface area (Å²) < 4.78 is 1.02. The minimum Gasteiger partial charge on any atom is -0.382 e. The van der Waals surface area contributed by atoms with Crippen molar-refractivity contribution in [2.45, 2.75) is 13.0 Å². The molecular formula is C12H12BrNO. The highest BCUT2D eigenvalue weighted by molar-refractivity contribution is 9.10. The van der Waals surface area contributed by atoms with Crippen LogP contribution in [0.25, 0.3) is 0 Å². The molecule has 0 radical (unpaired) electrons. The van der Waals surface area contributed by atoms with Gasteiger partial charge < -0.3 is 10.1 Å². The van der Waals surface area contributed by atoms with Gasteiger partial charge in [-0.05, 0) is 36.2 Å². The number of H-pyrrole nitrogens is 1. The molecule has 2 nitrogen and oxygen atoms in total. The summed E-state index contributed by atoms with van der Waals surface area (Å²) in [4.78, 5) is 3.00. The van der Waals surface area contributed by atoms with Crippen molar-refractivity contribution >= 4 is 15.9 Å². The van der Waals surface area contributed by atoms with Gasteiger partial charge in [0.2, 0.25) is 0 Å². The molecular weight excluding hydrogens is 254 g/mol. The highest BCUT2D eigenvalue weighted by Crippen LogP contribution is 2.25. The summed E-state index contributed by atoms with van der Waals surface area (Å²) in [5, 5.41) is 10.0. The first-order valence-corrected chi connectivity index (χ1v) is 5.55. The molecule has 2 rings (SSSR count). The molecule has 0 saturated heterocycles. The fraction of sp³-hybridized carbons (Fsp3) is 0.167. The minimum absolute atomic E-state index is 0.586. The van der Waals surface area contributed by atoms with E-state index >= 15 is 0 Å². The van der Waals surface area contributed by atoms with E-state index < -0.39 is 6.10 Å². The minimum atomic E-state index is -0.586. The Kier molecular flexibility index (Phi) is 2.93. The van der Waals surface area contributed by atoms with E-state index in [9.17, 15) is 5.11 Å². The van der Waals surface area contributed by atoms with Crippen LogP contribution >= 0.6 is 15.9 Å². The van der Waals surface area contributed by atoms with Crippen LogP contribution in [0.3, 0.4) is 0 Å². The highest BCUT2D eigenvalue weighted by Gasteiger charge is 2.11. The second-order valence-corrected chi connectivity index (χ2v) is 4.39. The number of aliphatic hydroxyl groups excluding tert-OH is 1. The molecule has 0 fully saturated rings. The summed E-state index contributed by atoms with van der Waals surface area (Å²) in [6, 6.07) is 9.62. The molecule has 0 bridgehead atoms. The summed E-state index contributed by atoms with van der Waals surface area (Å²) in [6.45, 7) is 2.02. The molecule has 78 valence electrons. The molecule has 15 heavy (non-hydrogen) atoms. The van der Waals surface area contributed by atoms with E-state index in [1.54, 1.807) is 0 Å². The molecule has 1 unspecified atom stereocenters. The fourth-order valence-electron chi connectivity index (χ4n) is 1.47. The number of hydrogen-bond donors (Lipinski definition) is 2. The van der Waals surface area contributed by atoms with Crippen molar-refractivity contribution in [3.05, 3.63) is 57.8 Å². The van der Waals surface area contributed by atoms with Crippen LogP contribution in [0.4, 0.5) is 0 Å². The number of nitrogens with one attached hydrogen (secondary N) is 1. The van der Waals surface area contributed by atoms with Gasteiger partial charge in [-0.2, -0.15) is 0 Å². The third-order valence-corrected chi connectivity index (χ3v) is 3.28. The molecule has 1 aromatic heterocycles. The molecule has 0 amide bonds.